The summed E-state index contributed by atoms with van der Waals surface area (Å²) < 4.78 is 10.6. The molecule has 1 fully saturated rings. The minimum Gasteiger partial charge on any atom is -0.479 e. The molecule has 0 atom stereocenters. The summed E-state index contributed by atoms with van der Waals surface area (Å²) in [5, 5.41) is 3.16. The number of para-hydroxylation sites is 1. The van der Waals surface area contributed by atoms with Crippen LogP contribution in [-0.4, -0.2) is 25.3 Å². The van der Waals surface area contributed by atoms with Crippen LogP contribution in [0.4, 0.5) is 4.79 Å². The molecule has 1 aliphatic rings. The lowest BCUT2D eigenvalue weighted by Crippen LogP contribution is -2.28. The first-order chi connectivity index (χ1) is 10.3. The van der Waals surface area contributed by atoms with Gasteiger partial charge in [0, 0.05) is 0 Å². The zero-order chi connectivity index (χ0) is 14.9. The van der Waals surface area contributed by atoms with Gasteiger partial charge in [-0.25, -0.2) is 4.79 Å². The molecule has 1 aromatic carbocycles. The summed E-state index contributed by atoms with van der Waals surface area (Å²) in [6.07, 6.45) is 3.87. The molecule has 1 aliphatic carbocycles. The van der Waals surface area contributed by atoms with Crippen LogP contribution < -0.4 is 10.1 Å². The maximum atomic E-state index is 11.4. The van der Waals surface area contributed by atoms with Gasteiger partial charge in [-0.1, -0.05) is 35.6 Å². The van der Waals surface area contributed by atoms with E-state index in [9.17, 15) is 4.79 Å². The highest BCUT2D eigenvalue weighted by Crippen LogP contribution is 2.22. The SMILES string of the molecule is O=C(NCC#CCOc1ccccc1Cl)OC1CCCC1. The number of rotatable bonds is 4. The summed E-state index contributed by atoms with van der Waals surface area (Å²) in [4.78, 5) is 11.4. The Bertz CT molecular complexity index is 530. The van der Waals surface area contributed by atoms with Crippen LogP contribution in [-0.2, 0) is 4.74 Å². The average Bonchev–Trinajstić information content (AvgIpc) is 2.97. The third-order valence-electron chi connectivity index (χ3n) is 3.16. The normalized spacial score (nSPS) is 14.1. The molecule has 0 heterocycles. The summed E-state index contributed by atoms with van der Waals surface area (Å²) in [7, 11) is 0. The van der Waals surface area contributed by atoms with Crippen molar-refractivity contribution in [3.8, 4) is 17.6 Å². The van der Waals surface area contributed by atoms with E-state index in [4.69, 9.17) is 21.1 Å². The Hall–Kier alpha value is -1.86. The highest BCUT2D eigenvalue weighted by atomic mass is 35.5. The largest absolute Gasteiger partial charge is 0.479 e. The molecule has 1 saturated carbocycles. The number of alkyl carbamates (subject to hydrolysis) is 1. The number of amides is 1. The zero-order valence-electron chi connectivity index (χ0n) is 11.7. The Kier molecular flexibility index (Phi) is 6.23. The molecule has 1 N–H and O–H groups in total. The van der Waals surface area contributed by atoms with E-state index in [1.165, 1.54) is 0 Å². The van der Waals surface area contributed by atoms with E-state index in [1.807, 2.05) is 12.1 Å². The molecule has 112 valence electrons. The monoisotopic (exact) mass is 307 g/mol. The molecule has 0 radical (unpaired) electrons. The van der Waals surface area contributed by atoms with Crippen molar-refractivity contribution in [1.29, 1.82) is 0 Å². The fourth-order valence-electron chi connectivity index (χ4n) is 2.10. The molecule has 0 aromatic heterocycles. The first-order valence-electron chi connectivity index (χ1n) is 7.03. The Balaban J connectivity index is 1.60. The van der Waals surface area contributed by atoms with Crippen LogP contribution in [0.1, 0.15) is 25.7 Å². The van der Waals surface area contributed by atoms with Gasteiger partial charge in [-0.15, -0.1) is 0 Å². The van der Waals surface area contributed by atoms with Crippen molar-refractivity contribution in [2.75, 3.05) is 13.2 Å². The van der Waals surface area contributed by atoms with Crippen LogP contribution in [0.3, 0.4) is 0 Å². The highest BCUT2D eigenvalue weighted by molar-refractivity contribution is 6.32. The van der Waals surface area contributed by atoms with E-state index < -0.39 is 6.09 Å². The van der Waals surface area contributed by atoms with Gasteiger partial charge in [-0.2, -0.15) is 0 Å². The Labute approximate surface area is 129 Å². The molecule has 2 rings (SSSR count). The third kappa shape index (κ3) is 5.57. The summed E-state index contributed by atoms with van der Waals surface area (Å²) >= 11 is 5.94. The number of carbonyl (C=O) groups excluding carboxylic acids is 1. The lowest BCUT2D eigenvalue weighted by atomic mass is 10.3. The van der Waals surface area contributed by atoms with Crippen LogP contribution >= 0.6 is 11.6 Å². The van der Waals surface area contributed by atoms with E-state index in [0.29, 0.717) is 10.8 Å². The minimum atomic E-state index is -0.400. The second-order valence-corrected chi connectivity index (χ2v) is 5.15. The molecule has 1 amide bonds. The van der Waals surface area contributed by atoms with Gasteiger partial charge in [0.05, 0.1) is 11.6 Å². The van der Waals surface area contributed by atoms with Crippen molar-refractivity contribution in [3.05, 3.63) is 29.3 Å². The number of benzene rings is 1. The summed E-state index contributed by atoms with van der Waals surface area (Å²) in [5.41, 5.74) is 0. The lowest BCUT2D eigenvalue weighted by Gasteiger charge is -2.10. The molecular weight excluding hydrogens is 290 g/mol. The van der Waals surface area contributed by atoms with E-state index in [2.05, 4.69) is 17.2 Å². The van der Waals surface area contributed by atoms with Gasteiger partial charge in [0.1, 0.15) is 18.5 Å². The number of halogens is 1. The molecule has 0 unspecified atom stereocenters. The van der Waals surface area contributed by atoms with Crippen molar-refractivity contribution >= 4 is 17.7 Å². The summed E-state index contributed by atoms with van der Waals surface area (Å²) in [6, 6.07) is 7.21. The average molecular weight is 308 g/mol. The number of nitrogens with one attached hydrogen (secondary N) is 1. The Morgan fingerprint density at radius 2 is 2.05 bits per heavy atom. The molecular formula is C16H18ClNO3. The molecule has 0 bridgehead atoms. The molecule has 21 heavy (non-hydrogen) atoms. The van der Waals surface area contributed by atoms with Crippen molar-refractivity contribution in [2.45, 2.75) is 31.8 Å². The van der Waals surface area contributed by atoms with Crippen LogP contribution in [0.2, 0.25) is 5.02 Å². The Morgan fingerprint density at radius 3 is 2.81 bits per heavy atom. The van der Waals surface area contributed by atoms with Crippen LogP contribution in [0.15, 0.2) is 24.3 Å². The predicted molar refractivity (Wildman–Crippen MR) is 81.5 cm³/mol. The van der Waals surface area contributed by atoms with Crippen molar-refractivity contribution < 1.29 is 14.3 Å². The molecule has 0 aliphatic heterocycles. The second kappa shape index (κ2) is 8.43. The van der Waals surface area contributed by atoms with Crippen molar-refractivity contribution in [1.82, 2.24) is 5.32 Å². The predicted octanol–water partition coefficient (Wildman–Crippen LogP) is 3.39. The van der Waals surface area contributed by atoms with Gasteiger partial charge in [0.25, 0.3) is 0 Å². The van der Waals surface area contributed by atoms with Gasteiger partial charge < -0.3 is 14.8 Å². The fourth-order valence-corrected chi connectivity index (χ4v) is 2.30. The summed E-state index contributed by atoms with van der Waals surface area (Å²) in [6.45, 7) is 0.473. The second-order valence-electron chi connectivity index (χ2n) is 4.74. The highest BCUT2D eigenvalue weighted by Gasteiger charge is 2.18. The smallest absolute Gasteiger partial charge is 0.408 e. The first kappa shape index (κ1) is 15.5. The number of hydrogen-bond donors (Lipinski definition) is 1. The molecule has 5 heteroatoms. The van der Waals surface area contributed by atoms with E-state index in [1.54, 1.807) is 12.1 Å². The van der Waals surface area contributed by atoms with Crippen LogP contribution in [0, 0.1) is 11.8 Å². The number of carbonyl (C=O) groups is 1. The number of ether oxygens (including phenoxy) is 2. The van der Waals surface area contributed by atoms with Gasteiger partial charge in [-0.3, -0.25) is 0 Å². The first-order valence-corrected chi connectivity index (χ1v) is 7.41. The maximum absolute atomic E-state index is 11.4. The van der Waals surface area contributed by atoms with Crippen LogP contribution in [0.5, 0.6) is 5.75 Å². The topological polar surface area (TPSA) is 47.6 Å². The van der Waals surface area contributed by atoms with E-state index in [0.717, 1.165) is 25.7 Å². The van der Waals surface area contributed by atoms with Gasteiger partial charge in [-0.05, 0) is 37.8 Å². The summed E-state index contributed by atoms with van der Waals surface area (Å²) in [5.74, 6) is 6.21. The lowest BCUT2D eigenvalue weighted by molar-refractivity contribution is 0.102. The van der Waals surface area contributed by atoms with Crippen molar-refractivity contribution in [2.24, 2.45) is 0 Å². The van der Waals surface area contributed by atoms with Gasteiger partial charge >= 0.3 is 6.09 Å². The van der Waals surface area contributed by atoms with Gasteiger partial charge in [0.2, 0.25) is 0 Å². The zero-order valence-corrected chi connectivity index (χ0v) is 12.5. The Morgan fingerprint density at radius 1 is 1.29 bits per heavy atom. The van der Waals surface area contributed by atoms with E-state index in [-0.39, 0.29) is 19.3 Å². The maximum Gasteiger partial charge on any atom is 0.408 e. The minimum absolute atomic E-state index is 0.0708. The standard InChI is InChI=1S/C16H18ClNO3/c17-14-9-3-4-10-15(14)20-12-6-5-11-18-16(19)21-13-7-1-2-8-13/h3-4,9-10,13H,1-2,7-8,11-12H2,(H,18,19). The van der Waals surface area contributed by atoms with Crippen LogP contribution in [0.25, 0.3) is 0 Å². The molecule has 0 spiro atoms. The number of hydrogen-bond acceptors (Lipinski definition) is 3. The van der Waals surface area contributed by atoms with E-state index >= 15 is 0 Å². The van der Waals surface area contributed by atoms with Gasteiger partial charge in [0.15, 0.2) is 0 Å². The molecule has 4 nitrogen and oxygen atoms in total. The molecule has 1 aromatic rings. The quantitative estimate of drug-likeness (QED) is 0.867. The molecule has 0 saturated heterocycles. The fraction of sp³-hybridized carbons (Fsp3) is 0.438. The van der Waals surface area contributed by atoms with Crippen molar-refractivity contribution in [3.63, 3.8) is 0 Å². The third-order valence-corrected chi connectivity index (χ3v) is 3.47.